The highest BCUT2D eigenvalue weighted by Crippen LogP contribution is 2.20. The molecule has 0 saturated carbocycles. The van der Waals surface area contributed by atoms with Gasteiger partial charge in [0.25, 0.3) is 0 Å². The van der Waals surface area contributed by atoms with Gasteiger partial charge in [0.2, 0.25) is 5.91 Å². The van der Waals surface area contributed by atoms with Crippen LogP contribution in [0.1, 0.15) is 24.0 Å². The molecule has 2 aromatic carbocycles. The van der Waals surface area contributed by atoms with Crippen LogP contribution in [-0.4, -0.2) is 23.4 Å². The van der Waals surface area contributed by atoms with E-state index in [0.717, 1.165) is 31.5 Å². The maximum absolute atomic E-state index is 12.5. The van der Waals surface area contributed by atoms with Gasteiger partial charge in [-0.05, 0) is 42.6 Å². The molecule has 23 heavy (non-hydrogen) atoms. The van der Waals surface area contributed by atoms with Crippen molar-refractivity contribution in [3.63, 3.8) is 0 Å². The van der Waals surface area contributed by atoms with Gasteiger partial charge in [0.05, 0.1) is 6.04 Å². The van der Waals surface area contributed by atoms with Gasteiger partial charge >= 0.3 is 0 Å². The fourth-order valence-electron chi connectivity index (χ4n) is 3.04. The number of hydrogen-bond acceptors (Lipinski definition) is 2. The van der Waals surface area contributed by atoms with E-state index in [-0.39, 0.29) is 11.9 Å². The first kappa shape index (κ1) is 16.0. The minimum Gasteiger partial charge on any atom is -0.351 e. The van der Waals surface area contributed by atoms with Crippen LogP contribution in [0.15, 0.2) is 54.6 Å². The molecule has 1 N–H and O–H groups in total. The van der Waals surface area contributed by atoms with E-state index in [9.17, 15) is 4.79 Å². The quantitative estimate of drug-likeness (QED) is 0.909. The van der Waals surface area contributed by atoms with Gasteiger partial charge < -0.3 is 5.32 Å². The van der Waals surface area contributed by atoms with Crippen LogP contribution in [0.3, 0.4) is 0 Å². The number of hydrogen-bond donors (Lipinski definition) is 1. The van der Waals surface area contributed by atoms with Crippen LogP contribution < -0.4 is 5.32 Å². The zero-order valence-corrected chi connectivity index (χ0v) is 13.8. The van der Waals surface area contributed by atoms with E-state index in [1.54, 1.807) is 0 Å². The second-order valence-electron chi connectivity index (χ2n) is 5.96. The van der Waals surface area contributed by atoms with Crippen LogP contribution in [0.25, 0.3) is 0 Å². The molecule has 3 nitrogen and oxygen atoms in total. The molecule has 3 rings (SSSR count). The molecule has 0 radical (unpaired) electrons. The molecule has 0 bridgehead atoms. The van der Waals surface area contributed by atoms with Crippen molar-refractivity contribution in [3.05, 3.63) is 70.7 Å². The molecule has 120 valence electrons. The predicted molar refractivity (Wildman–Crippen MR) is 93.2 cm³/mol. The second kappa shape index (κ2) is 7.62. The van der Waals surface area contributed by atoms with E-state index in [1.165, 1.54) is 5.56 Å². The van der Waals surface area contributed by atoms with Crippen molar-refractivity contribution in [2.75, 3.05) is 6.54 Å². The van der Waals surface area contributed by atoms with Gasteiger partial charge in [-0.2, -0.15) is 0 Å². The summed E-state index contributed by atoms with van der Waals surface area (Å²) in [7, 11) is 0. The molecule has 0 aliphatic carbocycles. The van der Waals surface area contributed by atoms with Crippen LogP contribution in [0.5, 0.6) is 0 Å². The highest BCUT2D eigenvalue weighted by atomic mass is 35.5. The molecule has 1 amide bonds. The van der Waals surface area contributed by atoms with Crippen LogP contribution in [0, 0.1) is 0 Å². The zero-order chi connectivity index (χ0) is 16.1. The van der Waals surface area contributed by atoms with E-state index in [4.69, 9.17) is 11.6 Å². The second-order valence-corrected chi connectivity index (χ2v) is 6.39. The summed E-state index contributed by atoms with van der Waals surface area (Å²) in [6.07, 6.45) is 2.01. The van der Waals surface area contributed by atoms with E-state index >= 15 is 0 Å². The Bertz CT molecular complexity index is 642. The first-order valence-corrected chi connectivity index (χ1v) is 8.40. The number of likely N-dealkylation sites (tertiary alicyclic amines) is 1. The molecule has 1 saturated heterocycles. The smallest absolute Gasteiger partial charge is 0.237 e. The first-order chi connectivity index (χ1) is 11.2. The minimum atomic E-state index is -0.0255. The molecule has 0 spiro atoms. The number of nitrogens with zero attached hydrogens (tertiary/aromatic N) is 1. The highest BCUT2D eigenvalue weighted by Gasteiger charge is 2.30. The lowest BCUT2D eigenvalue weighted by molar-refractivity contribution is -0.125. The molecular weight excluding hydrogens is 308 g/mol. The number of carbonyl (C=O) groups is 1. The average Bonchev–Trinajstić information content (AvgIpc) is 3.03. The van der Waals surface area contributed by atoms with Crippen molar-refractivity contribution in [2.45, 2.75) is 32.0 Å². The van der Waals surface area contributed by atoms with Gasteiger partial charge in [0.1, 0.15) is 0 Å². The van der Waals surface area contributed by atoms with Crippen molar-refractivity contribution < 1.29 is 4.79 Å². The average molecular weight is 329 g/mol. The third kappa shape index (κ3) is 4.34. The minimum absolute atomic E-state index is 0.0255. The maximum Gasteiger partial charge on any atom is 0.237 e. The normalized spacial score (nSPS) is 18.0. The molecule has 4 heteroatoms. The molecule has 0 aromatic heterocycles. The van der Waals surface area contributed by atoms with Crippen LogP contribution >= 0.6 is 11.6 Å². The maximum atomic E-state index is 12.5. The lowest BCUT2D eigenvalue weighted by Crippen LogP contribution is -2.42. The largest absolute Gasteiger partial charge is 0.351 e. The predicted octanol–water partition coefficient (Wildman–Crippen LogP) is 3.62. The van der Waals surface area contributed by atoms with Crippen molar-refractivity contribution in [2.24, 2.45) is 0 Å². The van der Waals surface area contributed by atoms with Crippen molar-refractivity contribution >= 4 is 17.5 Å². The zero-order valence-electron chi connectivity index (χ0n) is 13.0. The van der Waals surface area contributed by atoms with Gasteiger partial charge in [-0.15, -0.1) is 0 Å². The molecule has 1 heterocycles. The molecule has 1 aliphatic rings. The Morgan fingerprint density at radius 2 is 1.83 bits per heavy atom. The van der Waals surface area contributed by atoms with E-state index in [1.807, 2.05) is 42.5 Å². The topological polar surface area (TPSA) is 32.3 Å². The number of rotatable bonds is 5. The number of halogens is 1. The Kier molecular flexibility index (Phi) is 5.31. The van der Waals surface area contributed by atoms with E-state index in [2.05, 4.69) is 22.3 Å². The summed E-state index contributed by atoms with van der Waals surface area (Å²) in [5.74, 6) is 0.119. The third-order valence-electron chi connectivity index (χ3n) is 4.27. The summed E-state index contributed by atoms with van der Waals surface area (Å²) in [4.78, 5) is 14.8. The number of benzene rings is 2. The molecule has 1 aliphatic heterocycles. The van der Waals surface area contributed by atoms with Gasteiger partial charge in [-0.3, -0.25) is 9.69 Å². The Morgan fingerprint density at radius 3 is 2.57 bits per heavy atom. The van der Waals surface area contributed by atoms with E-state index in [0.29, 0.717) is 11.6 Å². The van der Waals surface area contributed by atoms with Crippen LogP contribution in [0.4, 0.5) is 0 Å². The van der Waals surface area contributed by atoms with Crippen molar-refractivity contribution in [3.8, 4) is 0 Å². The third-order valence-corrected chi connectivity index (χ3v) is 4.53. The lowest BCUT2D eigenvalue weighted by atomic mass is 10.1. The van der Waals surface area contributed by atoms with Crippen LogP contribution in [-0.2, 0) is 17.9 Å². The summed E-state index contributed by atoms with van der Waals surface area (Å²) in [5, 5.41) is 3.77. The first-order valence-electron chi connectivity index (χ1n) is 8.02. The Labute approximate surface area is 142 Å². The number of nitrogens with one attached hydrogen (secondary N) is 1. The SMILES string of the molecule is O=C(NCc1ccc(Cl)cc1)[C@H]1CCCN1Cc1ccccc1. The fourth-order valence-corrected chi connectivity index (χ4v) is 3.17. The Hall–Kier alpha value is -1.84. The van der Waals surface area contributed by atoms with E-state index < -0.39 is 0 Å². The summed E-state index contributed by atoms with van der Waals surface area (Å²) in [6.45, 7) is 2.36. The highest BCUT2D eigenvalue weighted by molar-refractivity contribution is 6.30. The number of amides is 1. The Morgan fingerprint density at radius 1 is 1.09 bits per heavy atom. The molecule has 2 aromatic rings. The number of carbonyl (C=O) groups excluding carboxylic acids is 1. The van der Waals surface area contributed by atoms with Crippen molar-refractivity contribution in [1.82, 2.24) is 10.2 Å². The summed E-state index contributed by atoms with van der Waals surface area (Å²) >= 11 is 5.88. The molecule has 1 fully saturated rings. The monoisotopic (exact) mass is 328 g/mol. The van der Waals surface area contributed by atoms with Gasteiger partial charge in [0.15, 0.2) is 0 Å². The molecule has 0 unspecified atom stereocenters. The summed E-state index contributed by atoms with van der Waals surface area (Å²) in [5.41, 5.74) is 2.32. The van der Waals surface area contributed by atoms with Gasteiger partial charge in [-0.25, -0.2) is 0 Å². The van der Waals surface area contributed by atoms with Crippen molar-refractivity contribution in [1.29, 1.82) is 0 Å². The van der Waals surface area contributed by atoms with Gasteiger partial charge in [-0.1, -0.05) is 54.1 Å². The molecular formula is C19H21ClN2O. The Balaban J connectivity index is 1.56. The summed E-state index contributed by atoms with van der Waals surface area (Å²) in [6, 6.07) is 17.9. The summed E-state index contributed by atoms with van der Waals surface area (Å²) < 4.78 is 0. The standard InChI is InChI=1S/C19H21ClN2O/c20-17-10-8-15(9-11-17)13-21-19(23)18-7-4-12-22(18)14-16-5-2-1-3-6-16/h1-3,5-6,8-11,18H,4,7,12-14H2,(H,21,23)/t18-/m1/s1. The fraction of sp³-hybridized carbons (Fsp3) is 0.316. The molecule has 1 atom stereocenters. The van der Waals surface area contributed by atoms with Crippen LogP contribution in [0.2, 0.25) is 5.02 Å². The van der Waals surface area contributed by atoms with Gasteiger partial charge in [0, 0.05) is 18.1 Å². The lowest BCUT2D eigenvalue weighted by Gasteiger charge is -2.23.